The molecule has 0 atom stereocenters. The first-order valence-electron chi connectivity index (χ1n) is 8.67. The zero-order chi connectivity index (χ0) is 17.9. The molecule has 4 aromatic rings. The summed E-state index contributed by atoms with van der Waals surface area (Å²) in [5.41, 5.74) is 5.28. The molecule has 0 heterocycles. The van der Waals surface area contributed by atoms with Crippen molar-refractivity contribution in [2.24, 2.45) is 0 Å². The lowest BCUT2D eigenvalue weighted by atomic mass is 9.98. The van der Waals surface area contributed by atoms with E-state index in [9.17, 15) is 0 Å². The Hall–Kier alpha value is -1.90. The SMILES string of the molecule is Brc1cc2cc(Cc3ccccc3)c(Br)cc2cc1Cc1ccccc1. The van der Waals surface area contributed by atoms with Crippen LogP contribution in [0.15, 0.2) is 93.9 Å². The summed E-state index contributed by atoms with van der Waals surface area (Å²) in [6.07, 6.45) is 1.86. The lowest BCUT2D eigenvalue weighted by Gasteiger charge is -2.11. The minimum atomic E-state index is 0.931. The Morgan fingerprint density at radius 1 is 0.500 bits per heavy atom. The van der Waals surface area contributed by atoms with E-state index in [-0.39, 0.29) is 0 Å². The van der Waals surface area contributed by atoms with Gasteiger partial charge in [0, 0.05) is 8.95 Å². The molecule has 0 saturated heterocycles. The van der Waals surface area contributed by atoms with Gasteiger partial charge in [0.2, 0.25) is 0 Å². The third-order valence-corrected chi connectivity index (χ3v) is 6.12. The molecule has 0 bridgehead atoms. The highest BCUT2D eigenvalue weighted by Crippen LogP contribution is 2.31. The predicted octanol–water partition coefficient (Wildman–Crippen LogP) is 7.55. The second-order valence-electron chi connectivity index (χ2n) is 6.56. The summed E-state index contributed by atoms with van der Waals surface area (Å²) in [7, 11) is 0. The zero-order valence-corrected chi connectivity index (χ0v) is 17.4. The lowest BCUT2D eigenvalue weighted by molar-refractivity contribution is 1.18. The molecule has 0 radical (unpaired) electrons. The Morgan fingerprint density at radius 2 is 0.885 bits per heavy atom. The highest BCUT2D eigenvalue weighted by Gasteiger charge is 2.08. The van der Waals surface area contributed by atoms with Crippen molar-refractivity contribution in [1.82, 2.24) is 0 Å². The lowest BCUT2D eigenvalue weighted by Crippen LogP contribution is -1.93. The van der Waals surface area contributed by atoms with Gasteiger partial charge in [0.1, 0.15) is 0 Å². The van der Waals surface area contributed by atoms with Gasteiger partial charge < -0.3 is 0 Å². The molecule has 0 fully saturated rings. The maximum Gasteiger partial charge on any atom is 0.0217 e. The third kappa shape index (κ3) is 3.92. The molecule has 0 aliphatic carbocycles. The Bertz CT molecular complexity index is 951. The predicted molar refractivity (Wildman–Crippen MR) is 118 cm³/mol. The van der Waals surface area contributed by atoms with Crippen molar-refractivity contribution in [3.63, 3.8) is 0 Å². The van der Waals surface area contributed by atoms with Crippen LogP contribution in [-0.4, -0.2) is 0 Å². The summed E-state index contributed by atoms with van der Waals surface area (Å²) < 4.78 is 2.34. The minimum absolute atomic E-state index is 0.931. The van der Waals surface area contributed by atoms with Crippen molar-refractivity contribution < 1.29 is 0 Å². The van der Waals surface area contributed by atoms with Crippen molar-refractivity contribution in [2.75, 3.05) is 0 Å². The Balaban J connectivity index is 1.70. The van der Waals surface area contributed by atoms with E-state index in [2.05, 4.69) is 117 Å². The summed E-state index contributed by atoms with van der Waals surface area (Å²) in [5.74, 6) is 0. The van der Waals surface area contributed by atoms with Gasteiger partial charge in [0.25, 0.3) is 0 Å². The summed E-state index contributed by atoms with van der Waals surface area (Å²) in [5, 5.41) is 2.53. The van der Waals surface area contributed by atoms with Crippen LogP contribution < -0.4 is 0 Å². The largest absolute Gasteiger partial charge is 0.0622 e. The van der Waals surface area contributed by atoms with Crippen LogP contribution >= 0.6 is 31.9 Å². The molecule has 0 nitrogen and oxygen atoms in total. The van der Waals surface area contributed by atoms with E-state index in [1.54, 1.807) is 0 Å². The van der Waals surface area contributed by atoms with Gasteiger partial charge in [-0.05, 0) is 70.1 Å². The molecular formula is C24H18Br2. The van der Waals surface area contributed by atoms with Crippen LogP contribution in [-0.2, 0) is 12.8 Å². The summed E-state index contributed by atoms with van der Waals surface area (Å²) in [6, 6.07) is 30.3. The average Bonchev–Trinajstić information content (AvgIpc) is 2.65. The van der Waals surface area contributed by atoms with Gasteiger partial charge in [-0.1, -0.05) is 92.5 Å². The second kappa shape index (κ2) is 7.77. The van der Waals surface area contributed by atoms with Gasteiger partial charge in [0.05, 0.1) is 0 Å². The number of fused-ring (bicyclic) bond motifs is 1. The number of halogens is 2. The first kappa shape index (κ1) is 17.5. The van der Waals surface area contributed by atoms with Gasteiger partial charge in [-0.15, -0.1) is 0 Å². The smallest absolute Gasteiger partial charge is 0.0217 e. The molecule has 0 unspecified atom stereocenters. The summed E-state index contributed by atoms with van der Waals surface area (Å²) in [6.45, 7) is 0. The van der Waals surface area contributed by atoms with Crippen LogP contribution in [0.4, 0.5) is 0 Å². The van der Waals surface area contributed by atoms with Gasteiger partial charge in [0.15, 0.2) is 0 Å². The molecule has 0 aliphatic heterocycles. The topological polar surface area (TPSA) is 0 Å². The average molecular weight is 466 g/mol. The summed E-state index contributed by atoms with van der Waals surface area (Å²) >= 11 is 7.55. The molecule has 0 N–H and O–H groups in total. The molecule has 0 aromatic heterocycles. The van der Waals surface area contributed by atoms with Crippen molar-refractivity contribution >= 4 is 42.6 Å². The van der Waals surface area contributed by atoms with Crippen LogP contribution in [0.1, 0.15) is 22.3 Å². The van der Waals surface area contributed by atoms with Gasteiger partial charge >= 0.3 is 0 Å². The number of benzene rings is 4. The normalized spacial score (nSPS) is 11.0. The molecule has 26 heavy (non-hydrogen) atoms. The molecule has 128 valence electrons. The Kier molecular flexibility index (Phi) is 5.23. The second-order valence-corrected chi connectivity index (χ2v) is 8.27. The van der Waals surface area contributed by atoms with E-state index in [1.165, 1.54) is 42.0 Å². The van der Waals surface area contributed by atoms with Crippen LogP contribution in [0.25, 0.3) is 10.8 Å². The molecule has 2 heteroatoms. The molecule has 0 aliphatic rings. The maximum absolute atomic E-state index is 3.77. The van der Waals surface area contributed by atoms with Crippen molar-refractivity contribution in [2.45, 2.75) is 12.8 Å². The maximum atomic E-state index is 3.77. The molecule has 0 spiro atoms. The minimum Gasteiger partial charge on any atom is -0.0622 e. The Morgan fingerprint density at radius 3 is 1.27 bits per heavy atom. The zero-order valence-electron chi connectivity index (χ0n) is 14.3. The van der Waals surface area contributed by atoms with Crippen LogP contribution in [0, 0.1) is 0 Å². The fraction of sp³-hybridized carbons (Fsp3) is 0.0833. The summed E-state index contributed by atoms with van der Waals surface area (Å²) in [4.78, 5) is 0. The van der Waals surface area contributed by atoms with Crippen molar-refractivity contribution in [1.29, 1.82) is 0 Å². The van der Waals surface area contributed by atoms with Crippen LogP contribution in [0.2, 0.25) is 0 Å². The first-order valence-corrected chi connectivity index (χ1v) is 10.3. The number of hydrogen-bond acceptors (Lipinski definition) is 0. The van der Waals surface area contributed by atoms with E-state index >= 15 is 0 Å². The van der Waals surface area contributed by atoms with E-state index in [0.29, 0.717) is 0 Å². The highest BCUT2D eigenvalue weighted by molar-refractivity contribution is 9.10. The third-order valence-electron chi connectivity index (χ3n) is 4.65. The van der Waals surface area contributed by atoms with E-state index in [1.807, 2.05) is 0 Å². The molecular weight excluding hydrogens is 448 g/mol. The van der Waals surface area contributed by atoms with Gasteiger partial charge in [-0.2, -0.15) is 0 Å². The number of rotatable bonds is 4. The molecule has 4 rings (SSSR count). The van der Waals surface area contributed by atoms with Crippen molar-refractivity contribution in [3.05, 3.63) is 116 Å². The quantitative estimate of drug-likeness (QED) is 0.292. The van der Waals surface area contributed by atoms with Gasteiger partial charge in [-0.3, -0.25) is 0 Å². The van der Waals surface area contributed by atoms with Crippen molar-refractivity contribution in [3.8, 4) is 0 Å². The molecule has 0 saturated carbocycles. The highest BCUT2D eigenvalue weighted by atomic mass is 79.9. The standard InChI is InChI=1S/C24H18Br2/c25-23-15-20-14-22(12-18-9-5-2-6-10-18)24(26)16-19(20)13-21(23)11-17-7-3-1-4-8-17/h1-10,13-16H,11-12H2. The first-order chi connectivity index (χ1) is 12.7. The van der Waals surface area contributed by atoms with E-state index in [4.69, 9.17) is 0 Å². The van der Waals surface area contributed by atoms with Crippen LogP contribution in [0.5, 0.6) is 0 Å². The Labute approximate surface area is 171 Å². The molecule has 4 aromatic carbocycles. The monoisotopic (exact) mass is 464 g/mol. The van der Waals surface area contributed by atoms with Crippen LogP contribution in [0.3, 0.4) is 0 Å². The van der Waals surface area contributed by atoms with E-state index < -0.39 is 0 Å². The van der Waals surface area contributed by atoms with Gasteiger partial charge in [-0.25, -0.2) is 0 Å². The fourth-order valence-corrected chi connectivity index (χ4v) is 4.29. The van der Waals surface area contributed by atoms with E-state index in [0.717, 1.165) is 12.8 Å². The fourth-order valence-electron chi connectivity index (χ4n) is 3.29. The molecule has 0 amide bonds. The number of hydrogen-bond donors (Lipinski definition) is 0.